The zero-order valence-corrected chi connectivity index (χ0v) is 13.5. The number of carbonyl (C=O) groups excluding carboxylic acids is 1. The van der Waals surface area contributed by atoms with Gasteiger partial charge in [0.1, 0.15) is 11.3 Å². The fourth-order valence-corrected chi connectivity index (χ4v) is 3.11. The number of carbonyl (C=O) groups is 1. The quantitative estimate of drug-likeness (QED) is 0.938. The van der Waals surface area contributed by atoms with E-state index in [1.165, 1.54) is 0 Å². The Labute approximate surface area is 135 Å². The van der Waals surface area contributed by atoms with Crippen LogP contribution in [0.1, 0.15) is 54.2 Å². The van der Waals surface area contributed by atoms with Gasteiger partial charge in [-0.1, -0.05) is 30.5 Å². The number of ether oxygens (including phenoxy) is 1. The summed E-state index contributed by atoms with van der Waals surface area (Å²) in [4.78, 5) is 17.1. The van der Waals surface area contributed by atoms with E-state index < -0.39 is 5.54 Å². The highest BCUT2D eigenvalue weighted by atomic mass is 16.5. The molecule has 6 nitrogen and oxygen atoms in total. The topological polar surface area (TPSA) is 77.2 Å². The van der Waals surface area contributed by atoms with E-state index in [4.69, 9.17) is 9.26 Å². The molecule has 1 aliphatic carbocycles. The first-order valence-corrected chi connectivity index (χ1v) is 7.90. The molecule has 0 spiro atoms. The summed E-state index contributed by atoms with van der Waals surface area (Å²) in [7, 11) is 1.59. The number of aromatic nitrogens is 2. The third kappa shape index (κ3) is 3.21. The number of aryl methyl sites for hydroxylation is 1. The fraction of sp³-hybridized carbons (Fsp3) is 0.471. The number of nitrogens with zero attached hydrogens (tertiary/aromatic N) is 2. The van der Waals surface area contributed by atoms with Gasteiger partial charge >= 0.3 is 0 Å². The van der Waals surface area contributed by atoms with Gasteiger partial charge in [-0.25, -0.2) is 0 Å². The summed E-state index contributed by atoms with van der Waals surface area (Å²) in [5, 5.41) is 7.22. The first kappa shape index (κ1) is 15.5. The fourth-order valence-electron chi connectivity index (χ4n) is 3.11. The molecule has 1 aromatic carbocycles. The standard InChI is InChI=1S/C17H21N3O3/c1-12-18-16(20-23-12)17(9-4-3-5-10-17)19-15(21)13-7-6-8-14(11-13)22-2/h6-8,11H,3-5,9-10H2,1-2H3,(H,19,21). The highest BCUT2D eigenvalue weighted by Crippen LogP contribution is 2.36. The first-order valence-electron chi connectivity index (χ1n) is 7.90. The third-order valence-corrected chi connectivity index (χ3v) is 4.35. The molecule has 23 heavy (non-hydrogen) atoms. The highest BCUT2D eigenvalue weighted by molar-refractivity contribution is 5.95. The zero-order chi connectivity index (χ0) is 16.3. The van der Waals surface area contributed by atoms with Crippen LogP contribution in [-0.4, -0.2) is 23.2 Å². The van der Waals surface area contributed by atoms with E-state index in [-0.39, 0.29) is 5.91 Å². The Hall–Kier alpha value is -2.37. The molecular formula is C17H21N3O3. The largest absolute Gasteiger partial charge is 0.497 e. The van der Waals surface area contributed by atoms with Gasteiger partial charge in [0.25, 0.3) is 5.91 Å². The molecule has 0 atom stereocenters. The molecule has 1 saturated carbocycles. The van der Waals surface area contributed by atoms with Gasteiger partial charge in [0.2, 0.25) is 5.89 Å². The van der Waals surface area contributed by atoms with Crippen molar-refractivity contribution >= 4 is 5.91 Å². The van der Waals surface area contributed by atoms with Gasteiger partial charge in [-0.15, -0.1) is 0 Å². The Morgan fingerprint density at radius 1 is 1.30 bits per heavy atom. The van der Waals surface area contributed by atoms with Gasteiger partial charge in [0.15, 0.2) is 5.82 Å². The average molecular weight is 315 g/mol. The van der Waals surface area contributed by atoms with Crippen LogP contribution >= 0.6 is 0 Å². The lowest BCUT2D eigenvalue weighted by atomic mass is 9.80. The number of hydrogen-bond donors (Lipinski definition) is 1. The molecule has 2 aromatic rings. The maximum Gasteiger partial charge on any atom is 0.252 e. The second-order valence-corrected chi connectivity index (χ2v) is 5.97. The van der Waals surface area contributed by atoms with Gasteiger partial charge in [0.05, 0.1) is 7.11 Å². The summed E-state index contributed by atoms with van der Waals surface area (Å²) in [5.41, 5.74) is 0.0189. The number of nitrogens with one attached hydrogen (secondary N) is 1. The van der Waals surface area contributed by atoms with E-state index in [9.17, 15) is 4.79 Å². The Bertz CT molecular complexity index is 690. The third-order valence-electron chi connectivity index (χ3n) is 4.35. The van der Waals surface area contributed by atoms with Gasteiger partial charge in [0, 0.05) is 12.5 Å². The molecule has 0 aliphatic heterocycles. The van der Waals surface area contributed by atoms with E-state index in [0.717, 1.165) is 32.1 Å². The zero-order valence-electron chi connectivity index (χ0n) is 13.5. The van der Waals surface area contributed by atoms with E-state index in [2.05, 4.69) is 15.5 Å². The Kier molecular flexibility index (Phi) is 4.32. The van der Waals surface area contributed by atoms with Crippen LogP contribution < -0.4 is 10.1 Å². The molecule has 1 aromatic heterocycles. The van der Waals surface area contributed by atoms with Crippen molar-refractivity contribution < 1.29 is 14.1 Å². The second kappa shape index (κ2) is 6.40. The molecule has 0 unspecified atom stereocenters. The van der Waals surface area contributed by atoms with E-state index in [0.29, 0.717) is 23.0 Å². The van der Waals surface area contributed by atoms with E-state index in [1.54, 1.807) is 32.2 Å². The molecule has 3 rings (SSSR count). The lowest BCUT2D eigenvalue weighted by Gasteiger charge is -2.35. The number of benzene rings is 1. The summed E-state index contributed by atoms with van der Waals surface area (Å²) in [6.45, 7) is 1.76. The summed E-state index contributed by atoms with van der Waals surface area (Å²) >= 11 is 0. The van der Waals surface area contributed by atoms with Crippen LogP contribution in [0.5, 0.6) is 5.75 Å². The molecule has 1 amide bonds. The number of amides is 1. The molecule has 6 heteroatoms. The predicted octanol–water partition coefficient (Wildman–Crippen LogP) is 2.98. The van der Waals surface area contributed by atoms with Crippen LogP contribution in [0.2, 0.25) is 0 Å². The molecule has 122 valence electrons. The maximum absolute atomic E-state index is 12.7. The van der Waals surface area contributed by atoms with Crippen molar-refractivity contribution in [3.8, 4) is 5.75 Å². The second-order valence-electron chi connectivity index (χ2n) is 5.97. The van der Waals surface area contributed by atoms with Gasteiger partial charge in [-0.3, -0.25) is 4.79 Å². The Morgan fingerprint density at radius 3 is 2.74 bits per heavy atom. The van der Waals surface area contributed by atoms with Gasteiger partial charge < -0.3 is 14.6 Å². The van der Waals surface area contributed by atoms with Crippen LogP contribution in [0.15, 0.2) is 28.8 Å². The minimum atomic E-state index is -0.545. The molecule has 1 aliphatic rings. The maximum atomic E-state index is 12.7. The predicted molar refractivity (Wildman–Crippen MR) is 84.3 cm³/mol. The van der Waals surface area contributed by atoms with Crippen LogP contribution in [0, 0.1) is 6.92 Å². The van der Waals surface area contributed by atoms with E-state index >= 15 is 0 Å². The number of methoxy groups -OCH3 is 1. The first-order chi connectivity index (χ1) is 11.1. The van der Waals surface area contributed by atoms with Crippen molar-refractivity contribution in [3.05, 3.63) is 41.5 Å². The van der Waals surface area contributed by atoms with Crippen LogP contribution in [0.25, 0.3) is 0 Å². The smallest absolute Gasteiger partial charge is 0.252 e. The van der Waals surface area contributed by atoms with Gasteiger partial charge in [-0.05, 0) is 31.0 Å². The van der Waals surface area contributed by atoms with Crippen molar-refractivity contribution in [2.45, 2.75) is 44.6 Å². The molecule has 1 heterocycles. The molecule has 0 saturated heterocycles. The lowest BCUT2D eigenvalue weighted by molar-refractivity contribution is 0.0855. The summed E-state index contributed by atoms with van der Waals surface area (Å²) in [5.74, 6) is 1.60. The molecule has 0 bridgehead atoms. The number of hydrogen-bond acceptors (Lipinski definition) is 5. The Morgan fingerprint density at radius 2 is 2.09 bits per heavy atom. The number of rotatable bonds is 4. The van der Waals surface area contributed by atoms with E-state index in [1.807, 2.05) is 6.07 Å². The monoisotopic (exact) mass is 315 g/mol. The van der Waals surface area contributed by atoms with Crippen LogP contribution in [0.3, 0.4) is 0 Å². The molecule has 0 radical (unpaired) electrons. The highest BCUT2D eigenvalue weighted by Gasteiger charge is 2.39. The van der Waals surface area contributed by atoms with Crippen LogP contribution in [-0.2, 0) is 5.54 Å². The summed E-state index contributed by atoms with van der Waals surface area (Å²) in [6, 6.07) is 7.12. The average Bonchev–Trinajstić information content (AvgIpc) is 3.03. The minimum Gasteiger partial charge on any atom is -0.497 e. The summed E-state index contributed by atoms with van der Waals surface area (Å²) in [6.07, 6.45) is 4.87. The molecular weight excluding hydrogens is 294 g/mol. The molecule has 1 N–H and O–H groups in total. The van der Waals surface area contributed by atoms with Crippen molar-refractivity contribution in [1.82, 2.24) is 15.5 Å². The molecule has 1 fully saturated rings. The normalized spacial score (nSPS) is 16.8. The Balaban J connectivity index is 1.87. The van der Waals surface area contributed by atoms with Crippen molar-refractivity contribution in [3.63, 3.8) is 0 Å². The van der Waals surface area contributed by atoms with Crippen molar-refractivity contribution in [2.75, 3.05) is 7.11 Å². The SMILES string of the molecule is COc1cccc(C(=O)NC2(c3noc(C)n3)CCCCC2)c1. The van der Waals surface area contributed by atoms with Crippen LogP contribution in [0.4, 0.5) is 0 Å². The van der Waals surface area contributed by atoms with Crippen molar-refractivity contribution in [1.29, 1.82) is 0 Å². The summed E-state index contributed by atoms with van der Waals surface area (Å²) < 4.78 is 10.3. The minimum absolute atomic E-state index is 0.145. The lowest BCUT2D eigenvalue weighted by Crippen LogP contribution is -2.48. The van der Waals surface area contributed by atoms with Crippen molar-refractivity contribution in [2.24, 2.45) is 0 Å². The van der Waals surface area contributed by atoms with Gasteiger partial charge in [-0.2, -0.15) is 4.98 Å².